The van der Waals surface area contributed by atoms with Gasteiger partial charge in [0.1, 0.15) is 5.75 Å². The Labute approximate surface area is 125 Å². The topological polar surface area (TPSA) is 106 Å². The zero-order valence-corrected chi connectivity index (χ0v) is 11.6. The first-order valence-corrected chi connectivity index (χ1v) is 6.46. The molecule has 8 nitrogen and oxygen atoms in total. The number of ether oxygens (including phenoxy) is 1. The van der Waals surface area contributed by atoms with Crippen LogP contribution < -0.4 is 10.1 Å². The fourth-order valence-corrected chi connectivity index (χ4v) is 1.81. The molecule has 8 heteroatoms. The van der Waals surface area contributed by atoms with Gasteiger partial charge in [-0.05, 0) is 48.0 Å². The summed E-state index contributed by atoms with van der Waals surface area (Å²) >= 11 is 0. The van der Waals surface area contributed by atoms with Gasteiger partial charge in [0.2, 0.25) is 0 Å². The van der Waals surface area contributed by atoms with Gasteiger partial charge in [-0.3, -0.25) is 9.78 Å². The van der Waals surface area contributed by atoms with Gasteiger partial charge in [0, 0.05) is 18.1 Å². The van der Waals surface area contributed by atoms with Crippen molar-refractivity contribution in [1.29, 1.82) is 0 Å². The van der Waals surface area contributed by atoms with Crippen LogP contribution in [-0.2, 0) is 0 Å². The molecule has 0 fully saturated rings. The minimum Gasteiger partial charge on any atom is -0.422 e. The standard InChI is InChI=1S/C14H12N6O2/c1-9-6-7-15-8-12(9)13(21)16-10-2-4-11(5-3-10)22-14-17-19-20-18-14/h2-8H,1H3,(H,16,21)(H,17,18,19,20). The fourth-order valence-electron chi connectivity index (χ4n) is 1.81. The van der Waals surface area contributed by atoms with Crippen LogP contribution in [0.3, 0.4) is 0 Å². The van der Waals surface area contributed by atoms with Crippen molar-refractivity contribution in [1.82, 2.24) is 25.6 Å². The molecule has 3 aromatic rings. The van der Waals surface area contributed by atoms with Gasteiger partial charge in [-0.2, -0.15) is 5.21 Å². The highest BCUT2D eigenvalue weighted by Gasteiger charge is 2.09. The van der Waals surface area contributed by atoms with Gasteiger partial charge in [-0.1, -0.05) is 10.2 Å². The Bertz CT molecular complexity index is 770. The number of nitrogens with one attached hydrogen (secondary N) is 2. The molecule has 0 saturated heterocycles. The van der Waals surface area contributed by atoms with E-state index in [-0.39, 0.29) is 11.9 Å². The van der Waals surface area contributed by atoms with Crippen LogP contribution >= 0.6 is 0 Å². The first kappa shape index (κ1) is 13.7. The number of tetrazole rings is 1. The number of carbonyl (C=O) groups is 1. The van der Waals surface area contributed by atoms with Crippen LogP contribution in [0.5, 0.6) is 11.8 Å². The highest BCUT2D eigenvalue weighted by molar-refractivity contribution is 6.05. The molecule has 0 saturated carbocycles. The van der Waals surface area contributed by atoms with Gasteiger partial charge in [0.25, 0.3) is 5.91 Å². The van der Waals surface area contributed by atoms with Gasteiger partial charge in [0.05, 0.1) is 5.56 Å². The molecular weight excluding hydrogens is 284 g/mol. The predicted octanol–water partition coefficient (Wildman–Crippen LogP) is 1.95. The van der Waals surface area contributed by atoms with Crippen molar-refractivity contribution in [2.45, 2.75) is 6.92 Å². The third-order valence-corrected chi connectivity index (χ3v) is 2.93. The number of pyridine rings is 1. The molecule has 0 aliphatic heterocycles. The molecule has 2 aromatic heterocycles. The average Bonchev–Trinajstić information content (AvgIpc) is 3.02. The molecule has 2 N–H and O–H groups in total. The van der Waals surface area contributed by atoms with E-state index in [1.165, 1.54) is 0 Å². The second-order valence-electron chi connectivity index (χ2n) is 4.47. The monoisotopic (exact) mass is 296 g/mol. The fraction of sp³-hybridized carbons (Fsp3) is 0.0714. The number of aromatic nitrogens is 5. The Hall–Kier alpha value is -3.29. The van der Waals surface area contributed by atoms with Gasteiger partial charge < -0.3 is 10.1 Å². The second-order valence-corrected chi connectivity index (χ2v) is 4.47. The number of aryl methyl sites for hydroxylation is 1. The average molecular weight is 296 g/mol. The van der Waals surface area contributed by atoms with Crippen LogP contribution in [0.2, 0.25) is 0 Å². The number of rotatable bonds is 4. The van der Waals surface area contributed by atoms with Crippen LogP contribution in [0.15, 0.2) is 42.7 Å². The summed E-state index contributed by atoms with van der Waals surface area (Å²) in [5.74, 6) is 0.328. The number of aromatic amines is 1. The lowest BCUT2D eigenvalue weighted by Gasteiger charge is -2.07. The maximum Gasteiger partial charge on any atom is 0.361 e. The van der Waals surface area contributed by atoms with Crippen molar-refractivity contribution in [3.8, 4) is 11.8 Å². The molecule has 0 radical (unpaired) electrons. The summed E-state index contributed by atoms with van der Waals surface area (Å²) in [5.41, 5.74) is 2.05. The number of amides is 1. The lowest BCUT2D eigenvalue weighted by atomic mass is 10.1. The van der Waals surface area contributed by atoms with Crippen LogP contribution in [0, 0.1) is 6.92 Å². The van der Waals surface area contributed by atoms with Crippen molar-refractivity contribution < 1.29 is 9.53 Å². The summed E-state index contributed by atoms with van der Waals surface area (Å²) in [7, 11) is 0. The Kier molecular flexibility index (Phi) is 3.73. The Balaban J connectivity index is 1.68. The van der Waals surface area contributed by atoms with E-state index in [1.54, 1.807) is 42.7 Å². The maximum absolute atomic E-state index is 12.2. The quantitative estimate of drug-likeness (QED) is 0.762. The molecule has 3 rings (SSSR count). The highest BCUT2D eigenvalue weighted by Crippen LogP contribution is 2.20. The molecule has 0 unspecified atom stereocenters. The minimum absolute atomic E-state index is 0.128. The third-order valence-electron chi connectivity index (χ3n) is 2.93. The first-order valence-electron chi connectivity index (χ1n) is 6.46. The summed E-state index contributed by atoms with van der Waals surface area (Å²) < 4.78 is 5.34. The van der Waals surface area contributed by atoms with Gasteiger partial charge in [0.15, 0.2) is 0 Å². The van der Waals surface area contributed by atoms with Gasteiger partial charge in [-0.25, -0.2) is 0 Å². The van der Waals surface area contributed by atoms with E-state index in [2.05, 4.69) is 30.9 Å². The van der Waals surface area contributed by atoms with E-state index >= 15 is 0 Å². The molecule has 2 heterocycles. The summed E-state index contributed by atoms with van der Waals surface area (Å²) in [6, 6.07) is 8.75. The van der Waals surface area contributed by atoms with Crippen LogP contribution in [0.25, 0.3) is 0 Å². The number of hydrogen-bond donors (Lipinski definition) is 2. The van der Waals surface area contributed by atoms with Gasteiger partial charge >= 0.3 is 6.01 Å². The smallest absolute Gasteiger partial charge is 0.361 e. The van der Waals surface area contributed by atoms with Crippen molar-refractivity contribution in [2.24, 2.45) is 0 Å². The summed E-state index contributed by atoms with van der Waals surface area (Å²) in [4.78, 5) is 16.1. The van der Waals surface area contributed by atoms with Crippen molar-refractivity contribution in [3.63, 3.8) is 0 Å². The van der Waals surface area contributed by atoms with Crippen molar-refractivity contribution >= 4 is 11.6 Å². The predicted molar refractivity (Wildman–Crippen MR) is 77.6 cm³/mol. The Morgan fingerprint density at radius 2 is 2.05 bits per heavy atom. The Morgan fingerprint density at radius 1 is 1.23 bits per heavy atom. The highest BCUT2D eigenvalue weighted by atomic mass is 16.5. The maximum atomic E-state index is 12.2. The zero-order chi connectivity index (χ0) is 15.4. The molecule has 1 aromatic carbocycles. The van der Waals surface area contributed by atoms with Crippen molar-refractivity contribution in [3.05, 3.63) is 53.9 Å². The minimum atomic E-state index is -0.211. The molecule has 0 aliphatic carbocycles. The normalized spacial score (nSPS) is 10.2. The summed E-state index contributed by atoms with van der Waals surface area (Å²) in [6.07, 6.45) is 3.19. The third kappa shape index (κ3) is 3.06. The molecule has 0 bridgehead atoms. The number of carbonyl (C=O) groups excluding carboxylic acids is 1. The molecule has 110 valence electrons. The molecular formula is C14H12N6O2. The second kappa shape index (κ2) is 6.00. The number of benzene rings is 1. The molecule has 0 atom stereocenters. The first-order chi connectivity index (χ1) is 10.7. The SMILES string of the molecule is Cc1ccncc1C(=O)Nc1ccc(Oc2nn[nH]n2)cc1. The molecule has 1 amide bonds. The number of H-pyrrole nitrogens is 1. The number of nitrogens with zero attached hydrogens (tertiary/aromatic N) is 4. The van der Waals surface area contributed by atoms with E-state index in [0.29, 0.717) is 17.0 Å². The zero-order valence-electron chi connectivity index (χ0n) is 11.6. The lowest BCUT2D eigenvalue weighted by molar-refractivity contribution is 0.102. The molecule has 0 spiro atoms. The van der Waals surface area contributed by atoms with E-state index in [4.69, 9.17) is 4.74 Å². The van der Waals surface area contributed by atoms with E-state index in [1.807, 2.05) is 6.92 Å². The summed E-state index contributed by atoms with van der Waals surface area (Å²) in [5, 5.41) is 15.9. The lowest BCUT2D eigenvalue weighted by Crippen LogP contribution is -2.13. The van der Waals surface area contributed by atoms with Crippen molar-refractivity contribution in [2.75, 3.05) is 5.32 Å². The number of anilines is 1. The largest absolute Gasteiger partial charge is 0.422 e. The van der Waals surface area contributed by atoms with Crippen LogP contribution in [0.4, 0.5) is 5.69 Å². The van der Waals surface area contributed by atoms with Crippen LogP contribution in [-0.4, -0.2) is 31.5 Å². The Morgan fingerprint density at radius 3 is 2.73 bits per heavy atom. The van der Waals surface area contributed by atoms with Gasteiger partial charge in [-0.15, -0.1) is 0 Å². The molecule has 0 aliphatic rings. The summed E-state index contributed by atoms with van der Waals surface area (Å²) in [6.45, 7) is 1.86. The number of hydrogen-bond acceptors (Lipinski definition) is 6. The van der Waals surface area contributed by atoms with Crippen LogP contribution in [0.1, 0.15) is 15.9 Å². The van der Waals surface area contributed by atoms with E-state index < -0.39 is 0 Å². The molecule has 22 heavy (non-hydrogen) atoms. The van der Waals surface area contributed by atoms with E-state index in [9.17, 15) is 4.79 Å². The van der Waals surface area contributed by atoms with E-state index in [0.717, 1.165) is 5.56 Å².